The van der Waals surface area contributed by atoms with Crippen molar-refractivity contribution in [2.75, 3.05) is 13.7 Å². The van der Waals surface area contributed by atoms with Crippen LogP contribution in [0.25, 0.3) is 0 Å². The van der Waals surface area contributed by atoms with E-state index < -0.39 is 11.8 Å². The standard InChI is InChI=1S/C9H10FNO3/c1-3-14-9(12)6-4-11-5-7(13-2)8(6)10/h4-5H,3H2,1-2H3. The Kier molecular flexibility index (Phi) is 3.39. The number of methoxy groups -OCH3 is 1. The van der Waals surface area contributed by atoms with Crippen LogP contribution in [0, 0.1) is 5.82 Å². The molecule has 0 saturated carbocycles. The largest absolute Gasteiger partial charge is 0.492 e. The third kappa shape index (κ3) is 1.99. The molecule has 0 aliphatic heterocycles. The average Bonchev–Trinajstić information content (AvgIpc) is 2.18. The van der Waals surface area contributed by atoms with Gasteiger partial charge in [-0.2, -0.15) is 0 Å². The van der Waals surface area contributed by atoms with E-state index in [-0.39, 0.29) is 17.9 Å². The summed E-state index contributed by atoms with van der Waals surface area (Å²) in [4.78, 5) is 14.8. The zero-order valence-electron chi connectivity index (χ0n) is 7.91. The van der Waals surface area contributed by atoms with Gasteiger partial charge in [-0.05, 0) is 6.92 Å². The second kappa shape index (κ2) is 4.55. The molecular formula is C9H10FNO3. The molecule has 1 aromatic rings. The number of nitrogens with zero attached hydrogens (tertiary/aromatic N) is 1. The van der Waals surface area contributed by atoms with Crippen molar-refractivity contribution in [3.63, 3.8) is 0 Å². The molecule has 1 heterocycles. The highest BCUT2D eigenvalue weighted by molar-refractivity contribution is 5.89. The van der Waals surface area contributed by atoms with E-state index in [0.29, 0.717) is 0 Å². The van der Waals surface area contributed by atoms with Crippen LogP contribution in [-0.4, -0.2) is 24.7 Å². The molecule has 0 aromatic carbocycles. The summed E-state index contributed by atoms with van der Waals surface area (Å²) in [5.41, 5.74) is -0.216. The van der Waals surface area contributed by atoms with Crippen LogP contribution < -0.4 is 4.74 Å². The van der Waals surface area contributed by atoms with Crippen LogP contribution >= 0.6 is 0 Å². The summed E-state index contributed by atoms with van der Waals surface area (Å²) in [5.74, 6) is -1.56. The van der Waals surface area contributed by atoms with Crippen LogP contribution in [0.2, 0.25) is 0 Å². The van der Waals surface area contributed by atoms with Crippen molar-refractivity contribution >= 4 is 5.97 Å². The summed E-state index contributed by atoms with van der Waals surface area (Å²) >= 11 is 0. The first-order chi connectivity index (χ1) is 6.70. The fraction of sp³-hybridized carbons (Fsp3) is 0.333. The smallest absolute Gasteiger partial charge is 0.342 e. The predicted molar refractivity (Wildman–Crippen MR) is 46.7 cm³/mol. The van der Waals surface area contributed by atoms with E-state index in [1.54, 1.807) is 6.92 Å². The monoisotopic (exact) mass is 199 g/mol. The minimum atomic E-state index is -0.749. The Morgan fingerprint density at radius 1 is 1.57 bits per heavy atom. The number of ether oxygens (including phenoxy) is 2. The van der Waals surface area contributed by atoms with Crippen molar-refractivity contribution in [2.24, 2.45) is 0 Å². The van der Waals surface area contributed by atoms with Gasteiger partial charge in [0.1, 0.15) is 5.56 Å². The molecule has 5 heteroatoms. The summed E-state index contributed by atoms with van der Waals surface area (Å²) in [7, 11) is 1.30. The van der Waals surface area contributed by atoms with E-state index in [2.05, 4.69) is 14.5 Å². The highest BCUT2D eigenvalue weighted by atomic mass is 19.1. The van der Waals surface area contributed by atoms with Gasteiger partial charge in [0.05, 0.1) is 19.9 Å². The van der Waals surface area contributed by atoms with E-state index in [0.717, 1.165) is 6.20 Å². The van der Waals surface area contributed by atoms with E-state index >= 15 is 0 Å². The molecule has 0 fully saturated rings. The minimum Gasteiger partial charge on any atom is -0.492 e. The molecule has 14 heavy (non-hydrogen) atoms. The number of esters is 1. The highest BCUT2D eigenvalue weighted by Gasteiger charge is 2.16. The number of aromatic nitrogens is 1. The zero-order valence-corrected chi connectivity index (χ0v) is 7.91. The zero-order chi connectivity index (χ0) is 10.6. The van der Waals surface area contributed by atoms with Crippen molar-refractivity contribution in [1.29, 1.82) is 0 Å². The lowest BCUT2D eigenvalue weighted by Gasteiger charge is -2.05. The van der Waals surface area contributed by atoms with Crippen LogP contribution in [0.1, 0.15) is 17.3 Å². The summed E-state index contributed by atoms with van der Waals surface area (Å²) in [6, 6.07) is 0. The minimum absolute atomic E-state index is 0.0736. The third-order valence-electron chi connectivity index (χ3n) is 1.56. The molecule has 0 bridgehead atoms. The number of carbonyl (C=O) groups excluding carboxylic acids is 1. The molecule has 1 rings (SSSR count). The van der Waals surface area contributed by atoms with Crippen LogP contribution in [-0.2, 0) is 4.74 Å². The first-order valence-electron chi connectivity index (χ1n) is 4.05. The van der Waals surface area contributed by atoms with Gasteiger partial charge >= 0.3 is 5.97 Å². The molecule has 0 unspecified atom stereocenters. The van der Waals surface area contributed by atoms with Gasteiger partial charge in [-0.15, -0.1) is 0 Å². The quantitative estimate of drug-likeness (QED) is 0.690. The molecule has 0 amide bonds. The Bertz CT molecular complexity index is 341. The first kappa shape index (κ1) is 10.4. The summed E-state index contributed by atoms with van der Waals surface area (Å²) < 4.78 is 22.7. The lowest BCUT2D eigenvalue weighted by atomic mass is 10.2. The molecule has 0 N–H and O–H groups in total. The van der Waals surface area contributed by atoms with E-state index in [1.807, 2.05) is 0 Å². The number of hydrogen-bond donors (Lipinski definition) is 0. The molecule has 0 spiro atoms. The molecular weight excluding hydrogens is 189 g/mol. The molecule has 0 atom stereocenters. The Hall–Kier alpha value is -1.65. The van der Waals surface area contributed by atoms with E-state index in [9.17, 15) is 9.18 Å². The molecule has 0 aliphatic rings. The number of hydrogen-bond acceptors (Lipinski definition) is 4. The first-order valence-corrected chi connectivity index (χ1v) is 4.05. The second-order valence-electron chi connectivity index (χ2n) is 2.42. The summed E-state index contributed by atoms with van der Waals surface area (Å²) in [6.45, 7) is 1.83. The number of carbonyl (C=O) groups is 1. The Morgan fingerprint density at radius 2 is 2.29 bits per heavy atom. The predicted octanol–water partition coefficient (Wildman–Crippen LogP) is 1.41. The topological polar surface area (TPSA) is 48.4 Å². The van der Waals surface area contributed by atoms with Gasteiger partial charge in [0.15, 0.2) is 11.6 Å². The average molecular weight is 199 g/mol. The SMILES string of the molecule is CCOC(=O)c1cncc(OC)c1F. The van der Waals surface area contributed by atoms with Crippen LogP contribution in [0.15, 0.2) is 12.4 Å². The van der Waals surface area contributed by atoms with Crippen molar-refractivity contribution in [3.05, 3.63) is 23.8 Å². The van der Waals surface area contributed by atoms with Crippen LogP contribution in [0.3, 0.4) is 0 Å². The van der Waals surface area contributed by atoms with Crippen LogP contribution in [0.4, 0.5) is 4.39 Å². The Balaban J connectivity index is 3.03. The second-order valence-corrected chi connectivity index (χ2v) is 2.42. The highest BCUT2D eigenvalue weighted by Crippen LogP contribution is 2.18. The van der Waals surface area contributed by atoms with Gasteiger partial charge in [-0.1, -0.05) is 0 Å². The number of rotatable bonds is 3. The maximum Gasteiger partial charge on any atom is 0.342 e. The van der Waals surface area contributed by atoms with Gasteiger partial charge in [0, 0.05) is 6.20 Å². The van der Waals surface area contributed by atoms with Crippen molar-refractivity contribution < 1.29 is 18.7 Å². The Morgan fingerprint density at radius 3 is 2.86 bits per heavy atom. The van der Waals surface area contributed by atoms with Gasteiger partial charge in [-0.3, -0.25) is 4.98 Å². The molecule has 0 aliphatic carbocycles. The van der Waals surface area contributed by atoms with Gasteiger partial charge in [0.2, 0.25) is 0 Å². The van der Waals surface area contributed by atoms with Gasteiger partial charge < -0.3 is 9.47 Å². The van der Waals surface area contributed by atoms with Crippen LogP contribution in [0.5, 0.6) is 5.75 Å². The van der Waals surface area contributed by atoms with E-state index in [4.69, 9.17) is 0 Å². The fourth-order valence-electron chi connectivity index (χ4n) is 0.919. The molecule has 4 nitrogen and oxygen atoms in total. The molecule has 0 saturated heterocycles. The third-order valence-corrected chi connectivity index (χ3v) is 1.56. The molecule has 1 aromatic heterocycles. The van der Waals surface area contributed by atoms with Gasteiger partial charge in [0.25, 0.3) is 0 Å². The molecule has 0 radical (unpaired) electrons. The van der Waals surface area contributed by atoms with Crippen molar-refractivity contribution in [1.82, 2.24) is 4.98 Å². The summed E-state index contributed by atoms with van der Waals surface area (Å²) in [5, 5.41) is 0. The normalized spacial score (nSPS) is 9.64. The lowest BCUT2D eigenvalue weighted by molar-refractivity contribution is 0.0519. The van der Waals surface area contributed by atoms with Crippen molar-refractivity contribution in [3.8, 4) is 5.75 Å². The van der Waals surface area contributed by atoms with Crippen molar-refractivity contribution in [2.45, 2.75) is 6.92 Å². The maximum absolute atomic E-state index is 13.4. The van der Waals surface area contributed by atoms with E-state index in [1.165, 1.54) is 13.3 Å². The number of halogens is 1. The number of pyridine rings is 1. The molecule has 76 valence electrons. The lowest BCUT2D eigenvalue weighted by Crippen LogP contribution is -2.08. The maximum atomic E-state index is 13.4. The Labute approximate surface area is 80.7 Å². The fourth-order valence-corrected chi connectivity index (χ4v) is 0.919. The summed E-state index contributed by atoms with van der Waals surface area (Å²) in [6.07, 6.45) is 2.30. The van der Waals surface area contributed by atoms with Gasteiger partial charge in [-0.25, -0.2) is 9.18 Å².